The van der Waals surface area contributed by atoms with Crippen LogP contribution < -0.4 is 4.90 Å². The van der Waals surface area contributed by atoms with E-state index >= 15 is 0 Å². The minimum Gasteiger partial charge on any atom is -0.342 e. The maximum absolute atomic E-state index is 12.9. The largest absolute Gasteiger partial charge is 0.342 e. The number of halogens is 1. The van der Waals surface area contributed by atoms with Gasteiger partial charge in [0.2, 0.25) is 11.8 Å². The van der Waals surface area contributed by atoms with Gasteiger partial charge in [0.25, 0.3) is 0 Å². The zero-order valence-electron chi connectivity index (χ0n) is 14.8. The SMILES string of the molecule is CC[NH+]1CCN(C(=O)[C@H]2CC(=O)N(CCc3ccc(F)cc3)C2)CC1. The summed E-state index contributed by atoms with van der Waals surface area (Å²) in [4.78, 5) is 30.2. The summed E-state index contributed by atoms with van der Waals surface area (Å²) in [6, 6.07) is 6.36. The Morgan fingerprint density at radius 2 is 1.92 bits per heavy atom. The molecule has 2 aliphatic heterocycles. The monoisotopic (exact) mass is 348 g/mol. The van der Waals surface area contributed by atoms with E-state index in [1.54, 1.807) is 17.0 Å². The first-order valence-electron chi connectivity index (χ1n) is 9.21. The van der Waals surface area contributed by atoms with Crippen molar-refractivity contribution in [2.75, 3.05) is 45.8 Å². The Bertz CT molecular complexity index is 612. The molecule has 5 nitrogen and oxygen atoms in total. The van der Waals surface area contributed by atoms with Gasteiger partial charge in [0.05, 0.1) is 38.6 Å². The summed E-state index contributed by atoms with van der Waals surface area (Å²) >= 11 is 0. The molecule has 0 bridgehead atoms. The third kappa shape index (κ3) is 4.37. The fourth-order valence-electron chi connectivity index (χ4n) is 3.72. The molecule has 25 heavy (non-hydrogen) atoms. The van der Waals surface area contributed by atoms with Gasteiger partial charge in [-0.15, -0.1) is 0 Å². The highest BCUT2D eigenvalue weighted by atomic mass is 19.1. The van der Waals surface area contributed by atoms with Gasteiger partial charge < -0.3 is 14.7 Å². The number of benzene rings is 1. The highest BCUT2D eigenvalue weighted by Crippen LogP contribution is 2.21. The van der Waals surface area contributed by atoms with Crippen molar-refractivity contribution in [2.45, 2.75) is 19.8 Å². The summed E-state index contributed by atoms with van der Waals surface area (Å²) in [5.74, 6) is -0.272. The molecule has 1 atom stereocenters. The summed E-state index contributed by atoms with van der Waals surface area (Å²) in [6.45, 7) is 7.95. The van der Waals surface area contributed by atoms with Gasteiger partial charge in [0.15, 0.2) is 0 Å². The molecule has 2 fully saturated rings. The molecule has 3 rings (SSSR count). The number of likely N-dealkylation sites (tertiary alicyclic amines) is 1. The second-order valence-electron chi connectivity index (χ2n) is 7.05. The Labute approximate surface area is 148 Å². The van der Waals surface area contributed by atoms with Crippen molar-refractivity contribution in [2.24, 2.45) is 5.92 Å². The Hall–Kier alpha value is -1.95. The highest BCUT2D eigenvalue weighted by Gasteiger charge is 2.37. The number of quaternary nitrogens is 1. The zero-order chi connectivity index (χ0) is 17.8. The van der Waals surface area contributed by atoms with E-state index in [4.69, 9.17) is 0 Å². The number of amides is 2. The van der Waals surface area contributed by atoms with Crippen molar-refractivity contribution in [3.63, 3.8) is 0 Å². The summed E-state index contributed by atoms with van der Waals surface area (Å²) < 4.78 is 12.9. The van der Waals surface area contributed by atoms with Gasteiger partial charge in [-0.05, 0) is 31.0 Å². The molecule has 0 aliphatic carbocycles. The van der Waals surface area contributed by atoms with E-state index in [1.807, 2.05) is 4.90 Å². The van der Waals surface area contributed by atoms with Gasteiger partial charge in [-0.2, -0.15) is 0 Å². The lowest BCUT2D eigenvalue weighted by Gasteiger charge is -2.33. The predicted octanol–water partition coefficient (Wildman–Crippen LogP) is -0.0363. The number of likely N-dealkylation sites (N-methyl/N-ethyl adjacent to an activating group) is 1. The van der Waals surface area contributed by atoms with Crippen LogP contribution >= 0.6 is 0 Å². The first-order chi connectivity index (χ1) is 12.1. The van der Waals surface area contributed by atoms with E-state index in [2.05, 4.69) is 6.92 Å². The van der Waals surface area contributed by atoms with Gasteiger partial charge in [-0.1, -0.05) is 12.1 Å². The lowest BCUT2D eigenvalue weighted by molar-refractivity contribution is -0.902. The quantitative estimate of drug-likeness (QED) is 0.812. The number of rotatable bonds is 5. The summed E-state index contributed by atoms with van der Waals surface area (Å²) in [7, 11) is 0. The number of carbonyl (C=O) groups excluding carboxylic acids is 2. The van der Waals surface area contributed by atoms with Crippen LogP contribution in [0.25, 0.3) is 0 Å². The van der Waals surface area contributed by atoms with Crippen LogP contribution in [-0.2, 0) is 16.0 Å². The predicted molar refractivity (Wildman–Crippen MR) is 92.6 cm³/mol. The number of hydrogen-bond acceptors (Lipinski definition) is 2. The molecule has 1 aromatic rings. The minimum atomic E-state index is -0.253. The Kier molecular flexibility index (Phi) is 5.68. The summed E-state index contributed by atoms with van der Waals surface area (Å²) in [5, 5.41) is 0. The van der Waals surface area contributed by atoms with Crippen LogP contribution in [0.4, 0.5) is 4.39 Å². The van der Waals surface area contributed by atoms with Crippen LogP contribution in [0.3, 0.4) is 0 Å². The molecule has 1 N–H and O–H groups in total. The van der Waals surface area contributed by atoms with Crippen LogP contribution in [-0.4, -0.2) is 67.4 Å². The van der Waals surface area contributed by atoms with E-state index in [1.165, 1.54) is 17.0 Å². The second-order valence-corrected chi connectivity index (χ2v) is 7.05. The highest BCUT2D eigenvalue weighted by molar-refractivity contribution is 5.89. The molecule has 0 spiro atoms. The molecule has 1 aromatic carbocycles. The molecule has 0 unspecified atom stereocenters. The third-order valence-electron chi connectivity index (χ3n) is 5.43. The molecule has 2 amide bonds. The molecule has 0 saturated carbocycles. The average molecular weight is 348 g/mol. The van der Waals surface area contributed by atoms with Crippen LogP contribution in [0.1, 0.15) is 18.9 Å². The molecule has 136 valence electrons. The number of nitrogens with one attached hydrogen (secondary N) is 1. The number of hydrogen-bond donors (Lipinski definition) is 1. The van der Waals surface area contributed by atoms with Crippen molar-refractivity contribution in [3.8, 4) is 0 Å². The van der Waals surface area contributed by atoms with Gasteiger partial charge in [-0.25, -0.2) is 4.39 Å². The molecular weight excluding hydrogens is 321 g/mol. The van der Waals surface area contributed by atoms with Crippen LogP contribution in [0.2, 0.25) is 0 Å². The van der Waals surface area contributed by atoms with E-state index < -0.39 is 0 Å². The van der Waals surface area contributed by atoms with Crippen LogP contribution in [0.15, 0.2) is 24.3 Å². The molecule has 0 radical (unpaired) electrons. The number of piperazine rings is 1. The first kappa shape index (κ1) is 17.9. The van der Waals surface area contributed by atoms with Gasteiger partial charge >= 0.3 is 0 Å². The smallest absolute Gasteiger partial charge is 0.228 e. The topological polar surface area (TPSA) is 45.1 Å². The maximum atomic E-state index is 12.9. The lowest BCUT2D eigenvalue weighted by Crippen LogP contribution is -3.14. The third-order valence-corrected chi connectivity index (χ3v) is 5.43. The average Bonchev–Trinajstić information content (AvgIpc) is 3.01. The first-order valence-corrected chi connectivity index (χ1v) is 9.21. The summed E-state index contributed by atoms with van der Waals surface area (Å²) in [6.07, 6.45) is 1.01. The number of nitrogens with zero attached hydrogens (tertiary/aromatic N) is 2. The Balaban J connectivity index is 1.50. The standard InChI is InChI=1S/C19H26FN3O2/c1-2-21-9-11-22(12-10-21)19(25)16-13-18(24)23(14-16)8-7-15-3-5-17(20)6-4-15/h3-6,16H,2,7-14H2,1H3/p+1/t16-/m0/s1. The lowest BCUT2D eigenvalue weighted by atomic mass is 10.1. The van der Waals surface area contributed by atoms with E-state index in [0.29, 0.717) is 25.9 Å². The van der Waals surface area contributed by atoms with Crippen molar-refractivity contribution in [1.82, 2.24) is 9.80 Å². The summed E-state index contributed by atoms with van der Waals surface area (Å²) in [5.41, 5.74) is 1.00. The van der Waals surface area contributed by atoms with Crippen molar-refractivity contribution < 1.29 is 18.9 Å². The van der Waals surface area contributed by atoms with Crippen molar-refractivity contribution >= 4 is 11.8 Å². The van der Waals surface area contributed by atoms with Gasteiger partial charge in [-0.3, -0.25) is 9.59 Å². The zero-order valence-corrected chi connectivity index (χ0v) is 14.8. The number of carbonyl (C=O) groups is 2. The Morgan fingerprint density at radius 1 is 1.24 bits per heavy atom. The Morgan fingerprint density at radius 3 is 2.56 bits per heavy atom. The maximum Gasteiger partial charge on any atom is 0.228 e. The second kappa shape index (κ2) is 7.95. The van der Waals surface area contributed by atoms with Crippen LogP contribution in [0, 0.1) is 11.7 Å². The van der Waals surface area contributed by atoms with Crippen molar-refractivity contribution in [1.29, 1.82) is 0 Å². The van der Waals surface area contributed by atoms with Crippen LogP contribution in [0.5, 0.6) is 0 Å². The molecule has 6 heteroatoms. The van der Waals surface area contributed by atoms with Gasteiger partial charge in [0.1, 0.15) is 5.82 Å². The van der Waals surface area contributed by atoms with E-state index in [9.17, 15) is 14.0 Å². The van der Waals surface area contributed by atoms with E-state index in [-0.39, 0.29) is 23.5 Å². The van der Waals surface area contributed by atoms with E-state index in [0.717, 1.165) is 38.3 Å². The molecule has 2 aliphatic rings. The van der Waals surface area contributed by atoms with Crippen molar-refractivity contribution in [3.05, 3.63) is 35.6 Å². The molecule has 2 heterocycles. The molecule has 0 aromatic heterocycles. The van der Waals surface area contributed by atoms with Gasteiger partial charge in [0, 0.05) is 19.5 Å². The molecular formula is C19H27FN3O2+. The molecule has 2 saturated heterocycles. The minimum absolute atomic E-state index is 0.0540. The normalized spacial score (nSPS) is 21.8. The fraction of sp³-hybridized carbons (Fsp3) is 0.579. The fourth-order valence-corrected chi connectivity index (χ4v) is 3.72.